The van der Waals surface area contributed by atoms with E-state index in [0.717, 1.165) is 22.7 Å². The number of pyridine rings is 1. The smallest absolute Gasteiger partial charge is 0.145 e. The van der Waals surface area contributed by atoms with Crippen LogP contribution in [-0.2, 0) is 6.42 Å². The summed E-state index contributed by atoms with van der Waals surface area (Å²) < 4.78 is 0. The molecule has 14 heavy (non-hydrogen) atoms. The van der Waals surface area contributed by atoms with Crippen molar-refractivity contribution in [1.29, 1.82) is 0 Å². The first-order chi connectivity index (χ1) is 6.81. The molecule has 1 aliphatic carbocycles. The van der Waals surface area contributed by atoms with Gasteiger partial charge in [0.05, 0.1) is 5.01 Å². The quantitative estimate of drug-likeness (QED) is 0.732. The van der Waals surface area contributed by atoms with E-state index in [1.54, 1.807) is 17.4 Å². The van der Waals surface area contributed by atoms with Crippen LogP contribution in [0, 0.1) is 5.92 Å². The average Bonchev–Trinajstić information content (AvgIpc) is 2.84. The summed E-state index contributed by atoms with van der Waals surface area (Å²) >= 11 is 7.49. The molecule has 0 radical (unpaired) electrons. The number of thiazole rings is 1. The number of rotatable bonds is 2. The van der Waals surface area contributed by atoms with Crippen molar-refractivity contribution < 1.29 is 0 Å². The summed E-state index contributed by atoms with van der Waals surface area (Å²) in [6.07, 6.45) is 3.85. The van der Waals surface area contributed by atoms with Gasteiger partial charge in [0, 0.05) is 6.42 Å². The molecule has 1 saturated carbocycles. The Bertz CT molecular complexity index is 476. The molecule has 0 aliphatic heterocycles. The molecule has 3 rings (SSSR count). The van der Waals surface area contributed by atoms with E-state index in [0.29, 0.717) is 5.15 Å². The van der Waals surface area contributed by atoms with Gasteiger partial charge in [0.2, 0.25) is 0 Å². The molecule has 0 amide bonds. The minimum atomic E-state index is 0.555. The summed E-state index contributed by atoms with van der Waals surface area (Å²) in [6, 6.07) is 3.74. The fourth-order valence-electron chi connectivity index (χ4n) is 1.50. The predicted octanol–water partition coefficient (Wildman–Crippen LogP) is 3.30. The van der Waals surface area contributed by atoms with E-state index in [2.05, 4.69) is 9.97 Å². The van der Waals surface area contributed by atoms with Gasteiger partial charge in [-0.15, -0.1) is 0 Å². The highest BCUT2D eigenvalue weighted by molar-refractivity contribution is 7.18. The van der Waals surface area contributed by atoms with Gasteiger partial charge in [0.25, 0.3) is 0 Å². The van der Waals surface area contributed by atoms with Gasteiger partial charge in [0.15, 0.2) is 0 Å². The summed E-state index contributed by atoms with van der Waals surface area (Å²) in [5.74, 6) is 0.881. The van der Waals surface area contributed by atoms with Crippen LogP contribution in [0.5, 0.6) is 0 Å². The van der Waals surface area contributed by atoms with Crippen molar-refractivity contribution >= 4 is 33.3 Å². The lowest BCUT2D eigenvalue weighted by Gasteiger charge is -1.87. The summed E-state index contributed by atoms with van der Waals surface area (Å²) in [5.41, 5.74) is 0.982. The van der Waals surface area contributed by atoms with Crippen LogP contribution in [-0.4, -0.2) is 9.97 Å². The molecule has 2 aromatic rings. The second-order valence-corrected chi connectivity index (χ2v) is 5.16. The Balaban J connectivity index is 2.01. The lowest BCUT2D eigenvalue weighted by molar-refractivity contribution is 0.826. The number of halogens is 1. The van der Waals surface area contributed by atoms with Gasteiger partial charge in [-0.1, -0.05) is 22.9 Å². The third-order valence-corrected chi connectivity index (χ3v) is 3.62. The van der Waals surface area contributed by atoms with Crippen molar-refractivity contribution in [2.75, 3.05) is 0 Å². The van der Waals surface area contributed by atoms with Crippen LogP contribution in [0.2, 0.25) is 5.15 Å². The number of fused-ring (bicyclic) bond motifs is 1. The van der Waals surface area contributed by atoms with Crippen molar-refractivity contribution in [3.63, 3.8) is 0 Å². The molecule has 0 spiro atoms. The van der Waals surface area contributed by atoms with Gasteiger partial charge in [-0.25, -0.2) is 9.97 Å². The fraction of sp³-hybridized carbons (Fsp3) is 0.400. The maximum Gasteiger partial charge on any atom is 0.145 e. The number of nitrogens with zero attached hydrogens (tertiary/aromatic N) is 2. The molecule has 0 saturated heterocycles. The van der Waals surface area contributed by atoms with E-state index in [1.165, 1.54) is 17.8 Å². The van der Waals surface area contributed by atoms with E-state index in [9.17, 15) is 0 Å². The second-order valence-electron chi connectivity index (χ2n) is 3.71. The fourth-order valence-corrected chi connectivity index (χ4v) is 2.74. The molecule has 2 aromatic heterocycles. The normalized spacial score (nSPS) is 16.4. The van der Waals surface area contributed by atoms with Gasteiger partial charge < -0.3 is 0 Å². The van der Waals surface area contributed by atoms with E-state index in [-0.39, 0.29) is 0 Å². The molecule has 0 N–H and O–H groups in total. The molecule has 1 aliphatic rings. The summed E-state index contributed by atoms with van der Waals surface area (Å²) in [5, 5.41) is 1.76. The van der Waals surface area contributed by atoms with Crippen LogP contribution in [0.15, 0.2) is 12.1 Å². The first kappa shape index (κ1) is 8.62. The molecule has 2 nitrogen and oxygen atoms in total. The van der Waals surface area contributed by atoms with Gasteiger partial charge in [-0.3, -0.25) is 0 Å². The summed E-state index contributed by atoms with van der Waals surface area (Å²) in [6.45, 7) is 0. The standard InChI is InChI=1S/C10H9ClN2S/c11-8-4-3-7-10(13-8)14-9(12-7)5-6-1-2-6/h3-4,6H,1-2,5H2. The van der Waals surface area contributed by atoms with Crippen molar-refractivity contribution in [3.8, 4) is 0 Å². The van der Waals surface area contributed by atoms with Crippen LogP contribution >= 0.6 is 22.9 Å². The van der Waals surface area contributed by atoms with Crippen LogP contribution in [0.3, 0.4) is 0 Å². The van der Waals surface area contributed by atoms with Crippen LogP contribution in [0.25, 0.3) is 10.3 Å². The molecule has 0 bridgehead atoms. The zero-order chi connectivity index (χ0) is 9.54. The van der Waals surface area contributed by atoms with Crippen LogP contribution in [0.1, 0.15) is 17.8 Å². The highest BCUT2D eigenvalue weighted by atomic mass is 35.5. The molecule has 0 atom stereocenters. The number of hydrogen-bond acceptors (Lipinski definition) is 3. The Morgan fingerprint density at radius 1 is 1.36 bits per heavy atom. The van der Waals surface area contributed by atoms with Gasteiger partial charge in [-0.05, 0) is 30.9 Å². The molecule has 72 valence electrons. The van der Waals surface area contributed by atoms with E-state index in [4.69, 9.17) is 11.6 Å². The molecule has 1 fully saturated rings. The Morgan fingerprint density at radius 3 is 3.00 bits per heavy atom. The summed E-state index contributed by atoms with van der Waals surface area (Å²) in [4.78, 5) is 9.74. The van der Waals surface area contributed by atoms with Gasteiger partial charge >= 0.3 is 0 Å². The largest absolute Gasteiger partial charge is 0.239 e. The zero-order valence-electron chi connectivity index (χ0n) is 7.53. The molecular formula is C10H9ClN2S. The third-order valence-electron chi connectivity index (χ3n) is 2.43. The zero-order valence-corrected chi connectivity index (χ0v) is 9.11. The van der Waals surface area contributed by atoms with Gasteiger partial charge in [-0.2, -0.15) is 0 Å². The maximum absolute atomic E-state index is 5.81. The second kappa shape index (κ2) is 3.17. The minimum absolute atomic E-state index is 0.555. The number of hydrogen-bond donors (Lipinski definition) is 0. The Kier molecular flexibility index (Phi) is 1.96. The Morgan fingerprint density at radius 2 is 2.21 bits per heavy atom. The van der Waals surface area contributed by atoms with E-state index in [1.807, 2.05) is 6.07 Å². The molecule has 2 heterocycles. The molecule has 4 heteroatoms. The molecule has 0 aromatic carbocycles. The first-order valence-corrected chi connectivity index (χ1v) is 5.93. The minimum Gasteiger partial charge on any atom is -0.239 e. The van der Waals surface area contributed by atoms with E-state index >= 15 is 0 Å². The molecular weight excluding hydrogens is 216 g/mol. The topological polar surface area (TPSA) is 25.8 Å². The predicted molar refractivity (Wildman–Crippen MR) is 58.9 cm³/mol. The van der Waals surface area contributed by atoms with Crippen molar-refractivity contribution in [2.24, 2.45) is 5.92 Å². The highest BCUT2D eigenvalue weighted by Gasteiger charge is 2.23. The third kappa shape index (κ3) is 1.62. The lowest BCUT2D eigenvalue weighted by atomic mass is 10.3. The van der Waals surface area contributed by atoms with Crippen molar-refractivity contribution in [3.05, 3.63) is 22.3 Å². The van der Waals surface area contributed by atoms with E-state index < -0.39 is 0 Å². The van der Waals surface area contributed by atoms with Crippen LogP contribution in [0.4, 0.5) is 0 Å². The van der Waals surface area contributed by atoms with Crippen molar-refractivity contribution in [1.82, 2.24) is 9.97 Å². The average molecular weight is 225 g/mol. The highest BCUT2D eigenvalue weighted by Crippen LogP contribution is 2.34. The Hall–Kier alpha value is -0.670. The lowest BCUT2D eigenvalue weighted by Crippen LogP contribution is -1.83. The molecule has 0 unspecified atom stereocenters. The SMILES string of the molecule is Clc1ccc2nc(CC3CC3)sc2n1. The van der Waals surface area contributed by atoms with Gasteiger partial charge in [0.1, 0.15) is 15.5 Å². The monoisotopic (exact) mass is 224 g/mol. The summed E-state index contributed by atoms with van der Waals surface area (Å²) in [7, 11) is 0. The van der Waals surface area contributed by atoms with Crippen LogP contribution < -0.4 is 0 Å². The number of aromatic nitrogens is 2. The Labute approximate surface area is 90.9 Å². The first-order valence-electron chi connectivity index (χ1n) is 4.73. The maximum atomic E-state index is 5.81. The van der Waals surface area contributed by atoms with Crippen molar-refractivity contribution in [2.45, 2.75) is 19.3 Å².